The Morgan fingerprint density at radius 2 is 2.23 bits per heavy atom. The highest BCUT2D eigenvalue weighted by Crippen LogP contribution is 2.42. The van der Waals surface area contributed by atoms with Crippen LogP contribution in [0, 0.1) is 0 Å². The number of carbonyl (C=O) groups excluding carboxylic acids is 1. The first-order valence-electron chi connectivity index (χ1n) is 8.95. The molecule has 134 valence electrons. The van der Waals surface area contributed by atoms with Gasteiger partial charge in [-0.25, -0.2) is 15.0 Å². The number of carbonyl (C=O) groups is 1. The number of fused-ring (bicyclic) bond motifs is 1. The number of imidazole rings is 1. The van der Waals surface area contributed by atoms with Gasteiger partial charge in [0.05, 0.1) is 22.7 Å². The third-order valence-corrected chi connectivity index (χ3v) is 6.81. The van der Waals surface area contributed by atoms with E-state index in [0.717, 1.165) is 27.8 Å². The zero-order valence-electron chi connectivity index (χ0n) is 14.2. The van der Waals surface area contributed by atoms with Crippen molar-refractivity contribution in [3.05, 3.63) is 50.4 Å². The number of amides is 1. The summed E-state index contributed by atoms with van der Waals surface area (Å²) < 4.78 is 0. The number of nitrogens with one attached hydrogen (secondary N) is 1. The molecule has 0 spiro atoms. The van der Waals surface area contributed by atoms with Crippen LogP contribution in [0.1, 0.15) is 58.3 Å². The number of aromatic amines is 1. The van der Waals surface area contributed by atoms with E-state index >= 15 is 0 Å². The Labute approximate surface area is 159 Å². The van der Waals surface area contributed by atoms with Crippen LogP contribution in [-0.4, -0.2) is 37.3 Å². The van der Waals surface area contributed by atoms with Crippen molar-refractivity contribution in [3.63, 3.8) is 0 Å². The van der Waals surface area contributed by atoms with Crippen molar-refractivity contribution in [2.45, 2.75) is 44.1 Å². The predicted molar refractivity (Wildman–Crippen MR) is 100 cm³/mol. The molecule has 8 heteroatoms. The highest BCUT2D eigenvalue weighted by Gasteiger charge is 2.36. The van der Waals surface area contributed by atoms with E-state index in [0.29, 0.717) is 25.3 Å². The van der Waals surface area contributed by atoms with E-state index in [4.69, 9.17) is 4.98 Å². The lowest BCUT2D eigenvalue weighted by molar-refractivity contribution is -0.133. The highest BCUT2D eigenvalue weighted by molar-refractivity contribution is 7.10. The van der Waals surface area contributed by atoms with Crippen LogP contribution in [0.15, 0.2) is 23.3 Å². The van der Waals surface area contributed by atoms with Crippen LogP contribution < -0.4 is 0 Å². The van der Waals surface area contributed by atoms with Crippen LogP contribution in [0.2, 0.25) is 0 Å². The molecule has 0 unspecified atom stereocenters. The predicted octanol–water partition coefficient (Wildman–Crippen LogP) is 3.31. The van der Waals surface area contributed by atoms with Crippen molar-refractivity contribution in [3.8, 4) is 0 Å². The first-order valence-corrected chi connectivity index (χ1v) is 10.7. The van der Waals surface area contributed by atoms with Gasteiger partial charge in [0.1, 0.15) is 11.0 Å². The first-order chi connectivity index (χ1) is 12.8. The summed E-state index contributed by atoms with van der Waals surface area (Å²) in [5.41, 5.74) is 3.26. The van der Waals surface area contributed by atoms with Gasteiger partial charge in [0.25, 0.3) is 0 Å². The molecule has 3 aromatic heterocycles. The number of aromatic nitrogens is 4. The fourth-order valence-corrected chi connectivity index (χ4v) is 5.16. The zero-order valence-corrected chi connectivity index (χ0v) is 15.9. The summed E-state index contributed by atoms with van der Waals surface area (Å²) in [4.78, 5) is 31.9. The Balaban J connectivity index is 1.42. The number of aryl methyl sites for hydroxylation is 1. The summed E-state index contributed by atoms with van der Waals surface area (Å²) >= 11 is 3.26. The fraction of sp³-hybridized carbons (Fsp3) is 0.444. The van der Waals surface area contributed by atoms with E-state index in [2.05, 4.69) is 20.3 Å². The second-order valence-electron chi connectivity index (χ2n) is 6.82. The van der Waals surface area contributed by atoms with E-state index in [-0.39, 0.29) is 11.9 Å². The smallest absolute Gasteiger partial charge is 0.223 e. The van der Waals surface area contributed by atoms with Gasteiger partial charge in [-0.3, -0.25) is 4.79 Å². The molecule has 26 heavy (non-hydrogen) atoms. The van der Waals surface area contributed by atoms with Gasteiger partial charge in [-0.2, -0.15) is 0 Å². The molecule has 1 saturated carbocycles. The summed E-state index contributed by atoms with van der Waals surface area (Å²) in [5.74, 6) is 0.776. The molecule has 0 saturated heterocycles. The number of H-pyrrole nitrogens is 1. The monoisotopic (exact) mass is 385 g/mol. The highest BCUT2D eigenvalue weighted by atomic mass is 32.1. The Bertz CT molecular complexity index is 912. The largest absolute Gasteiger partial charge is 0.348 e. The van der Waals surface area contributed by atoms with Gasteiger partial charge < -0.3 is 9.88 Å². The molecule has 1 amide bonds. The lowest BCUT2D eigenvalue weighted by Gasteiger charge is -2.33. The molecule has 0 bridgehead atoms. The van der Waals surface area contributed by atoms with Crippen LogP contribution >= 0.6 is 22.7 Å². The normalized spacial score (nSPS) is 19.5. The molecule has 1 atom stereocenters. The minimum absolute atomic E-state index is 0.155. The Morgan fingerprint density at radius 1 is 1.31 bits per heavy atom. The van der Waals surface area contributed by atoms with Crippen molar-refractivity contribution >= 4 is 28.6 Å². The minimum Gasteiger partial charge on any atom is -0.348 e. The van der Waals surface area contributed by atoms with Gasteiger partial charge in [-0.05, 0) is 12.8 Å². The first kappa shape index (κ1) is 16.1. The van der Waals surface area contributed by atoms with E-state index in [9.17, 15) is 4.79 Å². The van der Waals surface area contributed by atoms with E-state index in [1.165, 1.54) is 18.5 Å². The van der Waals surface area contributed by atoms with Gasteiger partial charge in [0.15, 0.2) is 0 Å². The molecule has 2 aliphatic rings. The average molecular weight is 386 g/mol. The van der Waals surface area contributed by atoms with Crippen molar-refractivity contribution in [1.29, 1.82) is 0 Å². The Morgan fingerprint density at radius 3 is 3.04 bits per heavy atom. The summed E-state index contributed by atoms with van der Waals surface area (Å²) in [6.45, 7) is 0.703. The standard InChI is InChI=1S/C18H19N5OS2/c24-15(4-3-14-19-6-8-25-14)23-7-5-12-16(21-10-20-12)17(23)18-22-13(9-26-18)11-1-2-11/h6,8-11,17H,1-5,7H2,(H,20,21)/t17-/m0/s1. The Kier molecular flexibility index (Phi) is 4.09. The maximum atomic E-state index is 13.0. The van der Waals surface area contributed by atoms with Crippen molar-refractivity contribution in [1.82, 2.24) is 24.8 Å². The SMILES string of the molecule is O=C(CCc1nccs1)N1CCc2[nH]cnc2[C@H]1c1nc(C2CC2)cs1. The Hall–Kier alpha value is -2.06. The molecular weight excluding hydrogens is 366 g/mol. The third kappa shape index (κ3) is 2.97. The molecule has 4 heterocycles. The van der Waals surface area contributed by atoms with Crippen molar-refractivity contribution in [2.75, 3.05) is 6.54 Å². The van der Waals surface area contributed by atoms with Crippen LogP contribution in [-0.2, 0) is 17.6 Å². The number of thiazole rings is 2. The number of nitrogens with zero attached hydrogens (tertiary/aromatic N) is 4. The number of hydrogen-bond acceptors (Lipinski definition) is 6. The summed E-state index contributed by atoms with van der Waals surface area (Å²) in [6.07, 6.45) is 7.98. The maximum Gasteiger partial charge on any atom is 0.223 e. The van der Waals surface area contributed by atoms with Crippen molar-refractivity contribution < 1.29 is 4.79 Å². The van der Waals surface area contributed by atoms with Gasteiger partial charge >= 0.3 is 0 Å². The number of hydrogen-bond donors (Lipinski definition) is 1. The molecule has 5 rings (SSSR count). The van der Waals surface area contributed by atoms with E-state index in [1.807, 2.05) is 10.3 Å². The molecule has 6 nitrogen and oxygen atoms in total. The summed E-state index contributed by atoms with van der Waals surface area (Å²) in [5, 5.41) is 6.11. The second kappa shape index (κ2) is 6.59. The molecule has 1 N–H and O–H groups in total. The van der Waals surface area contributed by atoms with Crippen LogP contribution in [0.4, 0.5) is 0 Å². The number of rotatable bonds is 5. The quantitative estimate of drug-likeness (QED) is 0.731. The minimum atomic E-state index is -0.161. The van der Waals surface area contributed by atoms with Crippen LogP contribution in [0.5, 0.6) is 0 Å². The van der Waals surface area contributed by atoms with Gasteiger partial charge in [0, 0.05) is 54.4 Å². The molecule has 1 aliphatic carbocycles. The lowest BCUT2D eigenvalue weighted by atomic mass is 10.0. The molecular formula is C18H19N5OS2. The molecule has 3 aromatic rings. The molecule has 0 aromatic carbocycles. The van der Waals surface area contributed by atoms with E-state index in [1.54, 1.807) is 35.2 Å². The van der Waals surface area contributed by atoms with Crippen LogP contribution in [0.25, 0.3) is 0 Å². The summed E-state index contributed by atoms with van der Waals surface area (Å²) in [6, 6.07) is -0.161. The maximum absolute atomic E-state index is 13.0. The topological polar surface area (TPSA) is 74.8 Å². The third-order valence-electron chi connectivity index (χ3n) is 5.05. The fourth-order valence-electron chi connectivity index (χ4n) is 3.52. The average Bonchev–Trinajstić information content (AvgIpc) is 3.11. The van der Waals surface area contributed by atoms with Gasteiger partial charge in [-0.15, -0.1) is 22.7 Å². The van der Waals surface area contributed by atoms with Gasteiger partial charge in [0.2, 0.25) is 5.91 Å². The molecule has 1 fully saturated rings. The van der Waals surface area contributed by atoms with E-state index < -0.39 is 0 Å². The lowest BCUT2D eigenvalue weighted by Crippen LogP contribution is -2.40. The zero-order chi connectivity index (χ0) is 17.5. The van der Waals surface area contributed by atoms with Gasteiger partial charge in [-0.1, -0.05) is 0 Å². The second-order valence-corrected chi connectivity index (χ2v) is 8.69. The summed E-state index contributed by atoms with van der Waals surface area (Å²) in [7, 11) is 0. The molecule has 0 radical (unpaired) electrons. The van der Waals surface area contributed by atoms with Crippen molar-refractivity contribution in [2.24, 2.45) is 0 Å². The molecule has 1 aliphatic heterocycles. The van der Waals surface area contributed by atoms with Crippen LogP contribution in [0.3, 0.4) is 0 Å².